The van der Waals surface area contributed by atoms with E-state index in [0.717, 1.165) is 32.4 Å². The van der Waals surface area contributed by atoms with Crippen molar-refractivity contribution >= 4 is 6.03 Å². The minimum atomic E-state index is 0.0210. The molecule has 0 aromatic carbocycles. The largest absolute Gasteiger partial charge is 0.338 e. The van der Waals surface area contributed by atoms with E-state index in [4.69, 9.17) is 0 Å². The van der Waals surface area contributed by atoms with Crippen LogP contribution in [0.1, 0.15) is 51.4 Å². The molecule has 4 nitrogen and oxygen atoms in total. The van der Waals surface area contributed by atoms with Crippen LogP contribution in [0.5, 0.6) is 0 Å². The number of hydrogen-bond donors (Lipinski definition) is 3. The number of carbonyl (C=O) groups is 1. The van der Waals surface area contributed by atoms with Crippen molar-refractivity contribution in [1.29, 1.82) is 0 Å². The van der Waals surface area contributed by atoms with Crippen molar-refractivity contribution in [1.82, 2.24) is 16.0 Å². The van der Waals surface area contributed by atoms with E-state index in [-0.39, 0.29) is 6.03 Å². The molecule has 0 spiro atoms. The molecule has 1 aliphatic carbocycles. The van der Waals surface area contributed by atoms with Crippen LogP contribution in [0.3, 0.4) is 0 Å². The Morgan fingerprint density at radius 2 is 1.88 bits per heavy atom. The Morgan fingerprint density at radius 1 is 1.12 bits per heavy atom. The van der Waals surface area contributed by atoms with Gasteiger partial charge in [-0.3, -0.25) is 0 Å². The highest BCUT2D eigenvalue weighted by Gasteiger charge is 2.17. The van der Waals surface area contributed by atoms with Gasteiger partial charge in [-0.15, -0.1) is 0 Å². The fourth-order valence-electron chi connectivity index (χ4n) is 2.84. The third-order valence-electron chi connectivity index (χ3n) is 3.88. The van der Waals surface area contributed by atoms with Crippen molar-refractivity contribution in [3.05, 3.63) is 0 Å². The molecule has 2 rings (SSSR count). The van der Waals surface area contributed by atoms with Crippen molar-refractivity contribution in [2.75, 3.05) is 13.1 Å². The topological polar surface area (TPSA) is 53.2 Å². The Kier molecular flexibility index (Phi) is 5.10. The summed E-state index contributed by atoms with van der Waals surface area (Å²) in [7, 11) is 0. The smallest absolute Gasteiger partial charge is 0.315 e. The Hall–Kier alpha value is -0.770. The zero-order valence-electron chi connectivity index (χ0n) is 10.6. The van der Waals surface area contributed by atoms with Gasteiger partial charge in [0.2, 0.25) is 0 Å². The van der Waals surface area contributed by atoms with Gasteiger partial charge in [0, 0.05) is 18.6 Å². The summed E-state index contributed by atoms with van der Waals surface area (Å²) in [4.78, 5) is 11.6. The molecule has 1 saturated carbocycles. The SMILES string of the molecule is O=C(NCCC1CCCCN1)NC1CCCC1. The van der Waals surface area contributed by atoms with E-state index in [1.807, 2.05) is 0 Å². The van der Waals surface area contributed by atoms with Crippen LogP contribution in [-0.4, -0.2) is 31.2 Å². The third-order valence-corrected chi connectivity index (χ3v) is 3.88. The van der Waals surface area contributed by atoms with Crippen LogP contribution in [0.2, 0.25) is 0 Å². The summed E-state index contributed by atoms with van der Waals surface area (Å²) in [5, 5.41) is 9.51. The molecule has 2 amide bonds. The highest BCUT2D eigenvalue weighted by Crippen LogP contribution is 2.17. The van der Waals surface area contributed by atoms with Crippen molar-refractivity contribution in [3.63, 3.8) is 0 Å². The normalized spacial score (nSPS) is 25.8. The highest BCUT2D eigenvalue weighted by molar-refractivity contribution is 5.74. The number of piperidine rings is 1. The van der Waals surface area contributed by atoms with Gasteiger partial charge in [-0.05, 0) is 38.6 Å². The summed E-state index contributed by atoms with van der Waals surface area (Å²) >= 11 is 0. The summed E-state index contributed by atoms with van der Waals surface area (Å²) in [6.07, 6.45) is 9.76. The van der Waals surface area contributed by atoms with E-state index >= 15 is 0 Å². The van der Waals surface area contributed by atoms with Crippen LogP contribution in [0.25, 0.3) is 0 Å². The van der Waals surface area contributed by atoms with E-state index in [9.17, 15) is 4.79 Å². The average Bonchev–Trinajstić information content (AvgIpc) is 2.83. The lowest BCUT2D eigenvalue weighted by Crippen LogP contribution is -2.43. The van der Waals surface area contributed by atoms with E-state index < -0.39 is 0 Å². The summed E-state index contributed by atoms with van der Waals surface area (Å²) in [5.41, 5.74) is 0. The first kappa shape index (κ1) is 12.7. The van der Waals surface area contributed by atoms with Crippen LogP contribution in [-0.2, 0) is 0 Å². The van der Waals surface area contributed by atoms with Gasteiger partial charge >= 0.3 is 6.03 Å². The van der Waals surface area contributed by atoms with Gasteiger partial charge in [-0.1, -0.05) is 19.3 Å². The molecule has 1 heterocycles. The molecule has 17 heavy (non-hydrogen) atoms. The van der Waals surface area contributed by atoms with E-state index in [0.29, 0.717) is 12.1 Å². The first-order valence-corrected chi connectivity index (χ1v) is 7.12. The fourth-order valence-corrected chi connectivity index (χ4v) is 2.84. The Bertz CT molecular complexity index is 233. The molecule has 2 fully saturated rings. The maximum absolute atomic E-state index is 11.6. The highest BCUT2D eigenvalue weighted by atomic mass is 16.2. The molecular weight excluding hydrogens is 214 g/mol. The van der Waals surface area contributed by atoms with E-state index in [1.165, 1.54) is 32.1 Å². The lowest BCUT2D eigenvalue weighted by atomic mass is 10.0. The summed E-state index contributed by atoms with van der Waals surface area (Å²) in [5.74, 6) is 0. The molecule has 1 unspecified atom stereocenters. The Balaban J connectivity index is 1.53. The molecule has 0 aromatic heterocycles. The van der Waals surface area contributed by atoms with Crippen molar-refractivity contribution in [3.8, 4) is 0 Å². The number of rotatable bonds is 4. The summed E-state index contributed by atoms with van der Waals surface area (Å²) in [6.45, 7) is 1.93. The molecule has 1 saturated heterocycles. The van der Waals surface area contributed by atoms with Gasteiger partial charge in [-0.2, -0.15) is 0 Å². The molecule has 0 aromatic rings. The Morgan fingerprint density at radius 3 is 2.59 bits per heavy atom. The predicted molar refractivity (Wildman–Crippen MR) is 69.0 cm³/mol. The molecule has 1 atom stereocenters. The lowest BCUT2D eigenvalue weighted by molar-refractivity contribution is 0.236. The Labute approximate surface area is 104 Å². The van der Waals surface area contributed by atoms with Gasteiger partial charge in [0.05, 0.1) is 0 Å². The maximum Gasteiger partial charge on any atom is 0.315 e. The fraction of sp³-hybridized carbons (Fsp3) is 0.923. The molecule has 98 valence electrons. The summed E-state index contributed by atoms with van der Waals surface area (Å²) in [6, 6.07) is 1.05. The van der Waals surface area contributed by atoms with E-state index in [1.54, 1.807) is 0 Å². The summed E-state index contributed by atoms with van der Waals surface area (Å²) < 4.78 is 0. The van der Waals surface area contributed by atoms with Crippen LogP contribution in [0.15, 0.2) is 0 Å². The van der Waals surface area contributed by atoms with Crippen molar-refractivity contribution in [2.45, 2.75) is 63.5 Å². The van der Waals surface area contributed by atoms with Gasteiger partial charge in [0.15, 0.2) is 0 Å². The van der Waals surface area contributed by atoms with Crippen molar-refractivity contribution in [2.24, 2.45) is 0 Å². The molecule has 0 radical (unpaired) electrons. The van der Waals surface area contributed by atoms with Crippen LogP contribution in [0, 0.1) is 0 Å². The maximum atomic E-state index is 11.6. The minimum Gasteiger partial charge on any atom is -0.338 e. The number of urea groups is 1. The number of carbonyl (C=O) groups excluding carboxylic acids is 1. The molecule has 4 heteroatoms. The van der Waals surface area contributed by atoms with Gasteiger partial charge < -0.3 is 16.0 Å². The first-order chi connectivity index (χ1) is 8.34. The van der Waals surface area contributed by atoms with E-state index in [2.05, 4.69) is 16.0 Å². The average molecular weight is 239 g/mol. The van der Waals surface area contributed by atoms with Gasteiger partial charge in [0.1, 0.15) is 0 Å². The lowest BCUT2D eigenvalue weighted by Gasteiger charge is -2.23. The zero-order valence-corrected chi connectivity index (χ0v) is 10.6. The molecular formula is C13H25N3O. The van der Waals surface area contributed by atoms with Gasteiger partial charge in [-0.25, -0.2) is 4.79 Å². The van der Waals surface area contributed by atoms with Crippen LogP contribution >= 0.6 is 0 Å². The monoisotopic (exact) mass is 239 g/mol. The second-order valence-corrected chi connectivity index (χ2v) is 5.32. The van der Waals surface area contributed by atoms with Crippen molar-refractivity contribution < 1.29 is 4.79 Å². The van der Waals surface area contributed by atoms with Gasteiger partial charge in [0.25, 0.3) is 0 Å². The number of amides is 2. The molecule has 3 N–H and O–H groups in total. The molecule has 2 aliphatic rings. The predicted octanol–water partition coefficient (Wildman–Crippen LogP) is 1.76. The van der Waals surface area contributed by atoms with Crippen LogP contribution < -0.4 is 16.0 Å². The molecule has 1 aliphatic heterocycles. The standard InChI is InChI=1S/C13H25N3O/c17-13(16-12-6-1-2-7-12)15-10-8-11-5-3-4-9-14-11/h11-12,14H,1-10H2,(H2,15,16,17). The first-order valence-electron chi connectivity index (χ1n) is 7.12. The van der Waals surface area contributed by atoms with Crippen LogP contribution in [0.4, 0.5) is 4.79 Å². The second-order valence-electron chi connectivity index (χ2n) is 5.32. The molecule has 0 bridgehead atoms. The zero-order chi connectivity index (χ0) is 11.9. The quantitative estimate of drug-likeness (QED) is 0.700. The number of nitrogens with one attached hydrogen (secondary N) is 3. The minimum absolute atomic E-state index is 0.0210. The second kappa shape index (κ2) is 6.84. The third kappa shape index (κ3) is 4.54. The number of hydrogen-bond acceptors (Lipinski definition) is 2.